The van der Waals surface area contributed by atoms with Gasteiger partial charge in [0.05, 0.1) is 18.9 Å². The Hall–Kier alpha value is -4.37. The first kappa shape index (κ1) is 22.8. The van der Waals surface area contributed by atoms with Crippen molar-refractivity contribution in [2.75, 3.05) is 12.4 Å². The minimum Gasteiger partial charge on any atom is -0.497 e. The summed E-state index contributed by atoms with van der Waals surface area (Å²) in [5.74, 6) is 2.82. The standard InChI is InChI=1S/C28H25N3O3/c1-3-20-8-7-11-23(18-20)29-27(32)16-17-28(33)31-26(22-12-14-24(34-2)15-13-22)19-25(30-31)21-9-5-4-6-10-21/h1,4-15,18,26H,16-17,19H2,2H3,(H,29,32)/t26-/m0/s1. The fourth-order valence-corrected chi connectivity index (χ4v) is 3.88. The Morgan fingerprint density at radius 1 is 1.06 bits per heavy atom. The van der Waals surface area contributed by atoms with Crippen molar-refractivity contribution in [1.29, 1.82) is 0 Å². The van der Waals surface area contributed by atoms with Crippen LogP contribution in [-0.4, -0.2) is 29.6 Å². The topological polar surface area (TPSA) is 71.0 Å². The molecule has 170 valence electrons. The van der Waals surface area contributed by atoms with E-state index in [1.807, 2.05) is 54.6 Å². The van der Waals surface area contributed by atoms with Crippen molar-refractivity contribution in [1.82, 2.24) is 5.01 Å². The number of hydrogen-bond acceptors (Lipinski definition) is 4. The second-order valence-electron chi connectivity index (χ2n) is 7.92. The van der Waals surface area contributed by atoms with Crippen LogP contribution in [0.25, 0.3) is 0 Å². The number of methoxy groups -OCH3 is 1. The van der Waals surface area contributed by atoms with Crippen LogP contribution in [0, 0.1) is 12.3 Å². The largest absolute Gasteiger partial charge is 0.497 e. The number of hydrogen-bond donors (Lipinski definition) is 1. The molecule has 0 saturated carbocycles. The number of hydrazone groups is 1. The van der Waals surface area contributed by atoms with E-state index in [1.165, 1.54) is 5.01 Å². The SMILES string of the molecule is C#Cc1cccc(NC(=O)CCC(=O)N2N=C(c3ccccc3)C[C@H]2c2ccc(OC)cc2)c1. The van der Waals surface area contributed by atoms with E-state index in [1.54, 1.807) is 31.4 Å². The predicted octanol–water partition coefficient (Wildman–Crippen LogP) is 4.77. The summed E-state index contributed by atoms with van der Waals surface area (Å²) in [6.07, 6.45) is 6.09. The number of carbonyl (C=O) groups excluding carboxylic acids is 2. The minimum absolute atomic E-state index is 0.0406. The lowest BCUT2D eigenvalue weighted by molar-refractivity contribution is -0.134. The summed E-state index contributed by atoms with van der Waals surface area (Å²) in [6.45, 7) is 0. The van der Waals surface area contributed by atoms with Gasteiger partial charge in [0.25, 0.3) is 0 Å². The zero-order chi connectivity index (χ0) is 23.9. The van der Waals surface area contributed by atoms with Crippen molar-refractivity contribution in [3.63, 3.8) is 0 Å². The van der Waals surface area contributed by atoms with E-state index in [-0.39, 0.29) is 30.7 Å². The van der Waals surface area contributed by atoms with Gasteiger partial charge in [-0.25, -0.2) is 5.01 Å². The predicted molar refractivity (Wildman–Crippen MR) is 132 cm³/mol. The molecule has 0 aromatic heterocycles. The molecule has 1 atom stereocenters. The van der Waals surface area contributed by atoms with Crippen LogP contribution in [0.3, 0.4) is 0 Å². The number of anilines is 1. The van der Waals surface area contributed by atoms with Gasteiger partial charge in [0.15, 0.2) is 0 Å². The van der Waals surface area contributed by atoms with Crippen LogP contribution < -0.4 is 10.1 Å². The van der Waals surface area contributed by atoms with E-state index in [4.69, 9.17) is 11.2 Å². The van der Waals surface area contributed by atoms with Crippen molar-refractivity contribution in [3.8, 4) is 18.1 Å². The van der Waals surface area contributed by atoms with Crippen molar-refractivity contribution in [2.45, 2.75) is 25.3 Å². The zero-order valence-corrected chi connectivity index (χ0v) is 18.9. The number of nitrogens with one attached hydrogen (secondary N) is 1. The third-order valence-corrected chi connectivity index (χ3v) is 5.65. The van der Waals surface area contributed by atoms with Crippen LogP contribution in [0.1, 0.15) is 42.0 Å². The van der Waals surface area contributed by atoms with Gasteiger partial charge in [-0.15, -0.1) is 6.42 Å². The Balaban J connectivity index is 1.48. The van der Waals surface area contributed by atoms with Gasteiger partial charge in [-0.05, 0) is 41.5 Å². The summed E-state index contributed by atoms with van der Waals surface area (Å²) in [7, 11) is 1.62. The molecular formula is C28H25N3O3. The summed E-state index contributed by atoms with van der Waals surface area (Å²) >= 11 is 0. The van der Waals surface area contributed by atoms with Gasteiger partial charge in [0.2, 0.25) is 11.8 Å². The number of terminal acetylenes is 1. The van der Waals surface area contributed by atoms with Gasteiger partial charge in [0, 0.05) is 30.5 Å². The molecule has 0 aliphatic carbocycles. The van der Waals surface area contributed by atoms with Crippen LogP contribution >= 0.6 is 0 Å². The molecule has 0 bridgehead atoms. The molecule has 3 aromatic rings. The fourth-order valence-electron chi connectivity index (χ4n) is 3.88. The average molecular weight is 452 g/mol. The maximum atomic E-state index is 13.2. The van der Waals surface area contributed by atoms with Gasteiger partial charge in [0.1, 0.15) is 5.75 Å². The van der Waals surface area contributed by atoms with Crippen LogP contribution in [0.2, 0.25) is 0 Å². The van der Waals surface area contributed by atoms with Crippen molar-refractivity contribution in [2.24, 2.45) is 5.10 Å². The van der Waals surface area contributed by atoms with Crippen molar-refractivity contribution >= 4 is 23.2 Å². The Morgan fingerprint density at radius 2 is 1.82 bits per heavy atom. The molecule has 1 aliphatic rings. The molecule has 1 aliphatic heterocycles. The molecule has 0 unspecified atom stereocenters. The number of amides is 2. The highest BCUT2D eigenvalue weighted by molar-refractivity contribution is 6.03. The Kier molecular flexibility index (Phi) is 7.04. The van der Waals surface area contributed by atoms with Crippen LogP contribution in [-0.2, 0) is 9.59 Å². The highest BCUT2D eigenvalue weighted by Crippen LogP contribution is 2.34. The lowest BCUT2D eigenvalue weighted by Crippen LogP contribution is -2.28. The quantitative estimate of drug-likeness (QED) is 0.526. The van der Waals surface area contributed by atoms with E-state index in [0.717, 1.165) is 22.6 Å². The molecule has 1 N–H and O–H groups in total. The third-order valence-electron chi connectivity index (χ3n) is 5.65. The number of rotatable bonds is 7. The van der Waals surface area contributed by atoms with Crippen LogP contribution in [0.4, 0.5) is 5.69 Å². The lowest BCUT2D eigenvalue weighted by Gasteiger charge is -2.22. The van der Waals surface area contributed by atoms with Gasteiger partial charge >= 0.3 is 0 Å². The highest BCUT2D eigenvalue weighted by Gasteiger charge is 2.33. The number of nitrogens with zero attached hydrogens (tertiary/aromatic N) is 2. The number of benzene rings is 3. The second-order valence-corrected chi connectivity index (χ2v) is 7.92. The molecule has 0 saturated heterocycles. The third kappa shape index (κ3) is 5.33. The summed E-state index contributed by atoms with van der Waals surface area (Å²) < 4.78 is 5.26. The summed E-state index contributed by atoms with van der Waals surface area (Å²) in [6, 6.07) is 24.2. The van der Waals surface area contributed by atoms with Crippen LogP contribution in [0.5, 0.6) is 5.75 Å². The molecular weight excluding hydrogens is 426 g/mol. The van der Waals surface area contributed by atoms with E-state index in [0.29, 0.717) is 17.7 Å². The fraction of sp³-hybridized carbons (Fsp3) is 0.179. The summed E-state index contributed by atoms with van der Waals surface area (Å²) in [5, 5.41) is 8.97. The van der Waals surface area contributed by atoms with Crippen molar-refractivity contribution < 1.29 is 14.3 Å². The number of ether oxygens (including phenoxy) is 1. The molecule has 2 amide bonds. The van der Waals surface area contributed by atoms with Crippen LogP contribution in [0.15, 0.2) is 84.0 Å². The first-order valence-electron chi connectivity index (χ1n) is 11.0. The Morgan fingerprint density at radius 3 is 2.53 bits per heavy atom. The second kappa shape index (κ2) is 10.5. The van der Waals surface area contributed by atoms with E-state index < -0.39 is 0 Å². The molecule has 0 spiro atoms. The molecule has 6 heteroatoms. The maximum absolute atomic E-state index is 13.2. The van der Waals surface area contributed by atoms with E-state index in [2.05, 4.69) is 16.3 Å². The molecule has 0 fully saturated rings. The zero-order valence-electron chi connectivity index (χ0n) is 18.9. The van der Waals surface area contributed by atoms with Gasteiger partial charge in [-0.1, -0.05) is 54.5 Å². The molecule has 3 aromatic carbocycles. The molecule has 34 heavy (non-hydrogen) atoms. The van der Waals surface area contributed by atoms with Gasteiger partial charge in [-0.3, -0.25) is 9.59 Å². The Labute approximate surface area is 199 Å². The highest BCUT2D eigenvalue weighted by atomic mass is 16.5. The van der Waals surface area contributed by atoms with E-state index in [9.17, 15) is 9.59 Å². The minimum atomic E-state index is -0.255. The lowest BCUT2D eigenvalue weighted by atomic mass is 9.98. The number of carbonyl (C=O) groups is 2. The van der Waals surface area contributed by atoms with Gasteiger partial charge in [-0.2, -0.15) is 5.10 Å². The molecule has 6 nitrogen and oxygen atoms in total. The Bertz CT molecular complexity index is 1240. The normalized spacial score (nSPS) is 14.8. The molecule has 0 radical (unpaired) electrons. The first-order valence-corrected chi connectivity index (χ1v) is 11.0. The summed E-state index contributed by atoms with van der Waals surface area (Å²) in [5.41, 5.74) is 4.05. The average Bonchev–Trinajstić information content (AvgIpc) is 3.34. The maximum Gasteiger partial charge on any atom is 0.243 e. The van der Waals surface area contributed by atoms with Gasteiger partial charge < -0.3 is 10.1 Å². The monoisotopic (exact) mass is 451 g/mol. The van der Waals surface area contributed by atoms with E-state index >= 15 is 0 Å². The smallest absolute Gasteiger partial charge is 0.243 e. The molecule has 4 rings (SSSR count). The molecule has 1 heterocycles. The van der Waals surface area contributed by atoms with Crippen molar-refractivity contribution in [3.05, 3.63) is 95.6 Å². The summed E-state index contributed by atoms with van der Waals surface area (Å²) in [4.78, 5) is 25.6. The first-order chi connectivity index (χ1) is 16.6.